The molecule has 0 heterocycles. The molecule has 0 aromatic heterocycles. The Morgan fingerprint density at radius 2 is 2.10 bits per heavy atom. The van der Waals surface area contributed by atoms with E-state index in [2.05, 4.69) is 0 Å². The highest BCUT2D eigenvalue weighted by molar-refractivity contribution is 6.34. The summed E-state index contributed by atoms with van der Waals surface area (Å²) in [5.41, 5.74) is 6.47. The summed E-state index contributed by atoms with van der Waals surface area (Å²) < 4.78 is 4.90. The van der Waals surface area contributed by atoms with Crippen LogP contribution in [-0.2, 0) is 9.53 Å². The predicted molar refractivity (Wildman–Crippen MR) is 83.8 cm³/mol. The molecule has 2 rings (SSSR count). The fourth-order valence-electron chi connectivity index (χ4n) is 1.96. The van der Waals surface area contributed by atoms with Gasteiger partial charge >= 0.3 is 5.97 Å². The summed E-state index contributed by atoms with van der Waals surface area (Å²) in [6.45, 7) is 1.99. The number of anilines is 1. The normalized spacial score (nSPS) is 13.2. The molecule has 116 valence electrons. The standard InChI is InChI=1S/C14H17ClN2O3.ClH/c1-2-20-13(18)8-17(10-4-5-10)14(19)11-6-3-9(16)7-12(11)15;/h3,6-7,10H,2,4-5,8,16H2,1H3;1H. The highest BCUT2D eigenvalue weighted by Gasteiger charge is 2.35. The van der Waals surface area contributed by atoms with Crippen molar-refractivity contribution in [3.63, 3.8) is 0 Å². The number of rotatable bonds is 5. The van der Waals surface area contributed by atoms with Crippen LogP contribution >= 0.6 is 24.0 Å². The molecule has 1 aromatic rings. The Morgan fingerprint density at radius 3 is 2.62 bits per heavy atom. The van der Waals surface area contributed by atoms with E-state index in [0.717, 1.165) is 12.8 Å². The molecule has 1 aromatic carbocycles. The molecule has 1 saturated carbocycles. The topological polar surface area (TPSA) is 72.6 Å². The molecule has 5 nitrogen and oxygen atoms in total. The molecule has 1 amide bonds. The summed E-state index contributed by atoms with van der Waals surface area (Å²) in [6.07, 6.45) is 1.80. The number of ether oxygens (including phenoxy) is 1. The van der Waals surface area contributed by atoms with Crippen LogP contribution in [0.4, 0.5) is 5.69 Å². The molecule has 1 fully saturated rings. The lowest BCUT2D eigenvalue weighted by Gasteiger charge is -2.22. The maximum Gasteiger partial charge on any atom is 0.325 e. The van der Waals surface area contributed by atoms with E-state index in [0.29, 0.717) is 22.9 Å². The third-order valence-corrected chi connectivity index (χ3v) is 3.39. The first kappa shape index (κ1) is 17.6. The SMILES string of the molecule is CCOC(=O)CN(C(=O)c1ccc(N)cc1Cl)C1CC1.Cl. The molecule has 1 aliphatic rings. The highest BCUT2D eigenvalue weighted by Crippen LogP contribution is 2.30. The van der Waals surface area contributed by atoms with Crippen molar-refractivity contribution >= 4 is 41.6 Å². The van der Waals surface area contributed by atoms with E-state index >= 15 is 0 Å². The average molecular weight is 333 g/mol. The molecular formula is C14H18Cl2N2O3. The second kappa shape index (κ2) is 7.52. The van der Waals surface area contributed by atoms with Crippen LogP contribution in [0.2, 0.25) is 5.02 Å². The summed E-state index contributed by atoms with van der Waals surface area (Å²) >= 11 is 6.05. The van der Waals surface area contributed by atoms with Gasteiger partial charge in [-0.3, -0.25) is 9.59 Å². The van der Waals surface area contributed by atoms with Crippen LogP contribution in [-0.4, -0.2) is 36.0 Å². The van der Waals surface area contributed by atoms with Crippen LogP contribution in [0, 0.1) is 0 Å². The van der Waals surface area contributed by atoms with Crippen LogP contribution in [0.3, 0.4) is 0 Å². The Bertz CT molecular complexity index is 533. The van der Waals surface area contributed by atoms with Gasteiger partial charge in [0.1, 0.15) is 6.54 Å². The van der Waals surface area contributed by atoms with Crippen LogP contribution in [0.25, 0.3) is 0 Å². The van der Waals surface area contributed by atoms with Gasteiger partial charge in [-0.1, -0.05) is 11.6 Å². The van der Waals surface area contributed by atoms with Gasteiger partial charge in [-0.15, -0.1) is 12.4 Å². The number of esters is 1. The fourth-order valence-corrected chi connectivity index (χ4v) is 2.23. The van der Waals surface area contributed by atoms with E-state index in [-0.39, 0.29) is 30.9 Å². The quantitative estimate of drug-likeness (QED) is 0.664. The molecule has 0 bridgehead atoms. The van der Waals surface area contributed by atoms with Crippen molar-refractivity contribution in [3.8, 4) is 0 Å². The summed E-state index contributed by atoms with van der Waals surface area (Å²) in [6, 6.07) is 4.83. The Kier molecular flexibility index (Phi) is 6.30. The van der Waals surface area contributed by atoms with Crippen molar-refractivity contribution in [2.45, 2.75) is 25.8 Å². The molecule has 0 spiro atoms. The van der Waals surface area contributed by atoms with Gasteiger partial charge in [0, 0.05) is 11.7 Å². The Labute approximate surface area is 134 Å². The number of carbonyl (C=O) groups is 2. The van der Waals surface area contributed by atoms with Gasteiger partial charge in [0.2, 0.25) is 0 Å². The van der Waals surface area contributed by atoms with E-state index in [1.165, 1.54) is 11.0 Å². The number of hydrogen-bond acceptors (Lipinski definition) is 4. The molecule has 0 unspecified atom stereocenters. The number of benzene rings is 1. The molecule has 0 saturated heterocycles. The van der Waals surface area contributed by atoms with Gasteiger partial charge in [-0.2, -0.15) is 0 Å². The van der Waals surface area contributed by atoms with Gasteiger partial charge in [0.25, 0.3) is 5.91 Å². The molecule has 0 radical (unpaired) electrons. The molecule has 0 atom stereocenters. The minimum absolute atomic E-state index is 0. The van der Waals surface area contributed by atoms with Crippen molar-refractivity contribution in [1.82, 2.24) is 4.90 Å². The third-order valence-electron chi connectivity index (χ3n) is 3.08. The third kappa shape index (κ3) is 4.51. The van der Waals surface area contributed by atoms with Gasteiger partial charge in [-0.25, -0.2) is 0 Å². The van der Waals surface area contributed by atoms with Gasteiger partial charge < -0.3 is 15.4 Å². The van der Waals surface area contributed by atoms with Crippen molar-refractivity contribution in [2.75, 3.05) is 18.9 Å². The highest BCUT2D eigenvalue weighted by atomic mass is 35.5. The zero-order valence-electron chi connectivity index (χ0n) is 11.7. The van der Waals surface area contributed by atoms with E-state index in [4.69, 9.17) is 22.1 Å². The Balaban J connectivity index is 0.00000220. The molecule has 2 N–H and O–H groups in total. The number of nitrogens with zero attached hydrogens (tertiary/aromatic N) is 1. The summed E-state index contributed by atoms with van der Waals surface area (Å²) in [4.78, 5) is 25.6. The smallest absolute Gasteiger partial charge is 0.325 e. The number of nitrogens with two attached hydrogens (primary N) is 1. The van der Waals surface area contributed by atoms with Crippen molar-refractivity contribution in [3.05, 3.63) is 28.8 Å². The summed E-state index contributed by atoms with van der Waals surface area (Å²) in [7, 11) is 0. The predicted octanol–water partition coefficient (Wildman–Crippen LogP) is 2.51. The number of halogens is 2. The number of amides is 1. The maximum absolute atomic E-state index is 12.5. The summed E-state index contributed by atoms with van der Waals surface area (Å²) in [5.74, 6) is -0.662. The van der Waals surface area contributed by atoms with Crippen molar-refractivity contribution < 1.29 is 14.3 Å². The second-order valence-corrected chi connectivity index (χ2v) is 5.12. The van der Waals surface area contributed by atoms with Gasteiger partial charge in [0.15, 0.2) is 0 Å². The first-order valence-corrected chi connectivity index (χ1v) is 6.92. The van der Waals surface area contributed by atoms with Crippen LogP contribution in [0.1, 0.15) is 30.1 Å². The number of hydrogen-bond donors (Lipinski definition) is 1. The van der Waals surface area contributed by atoms with Gasteiger partial charge in [-0.05, 0) is 38.0 Å². The van der Waals surface area contributed by atoms with E-state index in [1.807, 2.05) is 0 Å². The van der Waals surface area contributed by atoms with Crippen LogP contribution in [0.15, 0.2) is 18.2 Å². The largest absolute Gasteiger partial charge is 0.465 e. The lowest BCUT2D eigenvalue weighted by atomic mass is 10.1. The Hall–Kier alpha value is -1.46. The zero-order chi connectivity index (χ0) is 14.7. The summed E-state index contributed by atoms with van der Waals surface area (Å²) in [5, 5.41) is 0.296. The molecule has 7 heteroatoms. The Morgan fingerprint density at radius 1 is 1.43 bits per heavy atom. The second-order valence-electron chi connectivity index (χ2n) is 4.71. The maximum atomic E-state index is 12.5. The molecular weight excluding hydrogens is 315 g/mol. The molecule has 21 heavy (non-hydrogen) atoms. The van der Waals surface area contributed by atoms with Crippen LogP contribution < -0.4 is 5.73 Å². The minimum Gasteiger partial charge on any atom is -0.465 e. The average Bonchev–Trinajstić information content (AvgIpc) is 3.20. The lowest BCUT2D eigenvalue weighted by molar-refractivity contribution is -0.144. The molecule has 1 aliphatic carbocycles. The van der Waals surface area contributed by atoms with E-state index < -0.39 is 5.97 Å². The monoisotopic (exact) mass is 332 g/mol. The first-order chi connectivity index (χ1) is 9.52. The van der Waals surface area contributed by atoms with Crippen LogP contribution in [0.5, 0.6) is 0 Å². The van der Waals surface area contributed by atoms with Gasteiger partial charge in [0.05, 0.1) is 17.2 Å². The van der Waals surface area contributed by atoms with E-state index in [1.54, 1.807) is 19.1 Å². The number of nitrogen functional groups attached to an aromatic ring is 1. The first-order valence-electron chi connectivity index (χ1n) is 6.54. The number of carbonyl (C=O) groups excluding carboxylic acids is 2. The van der Waals surface area contributed by atoms with Crippen molar-refractivity contribution in [1.29, 1.82) is 0 Å². The lowest BCUT2D eigenvalue weighted by Crippen LogP contribution is -2.38. The zero-order valence-corrected chi connectivity index (χ0v) is 13.2. The van der Waals surface area contributed by atoms with E-state index in [9.17, 15) is 9.59 Å². The van der Waals surface area contributed by atoms with Crippen molar-refractivity contribution in [2.24, 2.45) is 0 Å². The molecule has 0 aliphatic heterocycles. The fraction of sp³-hybridized carbons (Fsp3) is 0.429. The minimum atomic E-state index is -0.403.